The summed E-state index contributed by atoms with van der Waals surface area (Å²) in [6.45, 7) is 0. The van der Waals surface area contributed by atoms with Crippen LogP contribution >= 0.6 is 11.6 Å². The molecule has 6 heteroatoms. The molecule has 1 heterocycles. The molecule has 0 saturated heterocycles. The number of hydrogen-bond donors (Lipinski definition) is 1. The smallest absolute Gasteiger partial charge is 0.344 e. The van der Waals surface area contributed by atoms with Crippen LogP contribution < -0.4 is 15.7 Å². The van der Waals surface area contributed by atoms with Gasteiger partial charge in [-0.15, -0.1) is 0 Å². The highest BCUT2D eigenvalue weighted by Crippen LogP contribution is 2.31. The molecule has 33 heavy (non-hydrogen) atoms. The molecule has 1 aromatic heterocycles. The van der Waals surface area contributed by atoms with Crippen molar-refractivity contribution in [3.05, 3.63) is 106 Å². The van der Waals surface area contributed by atoms with Crippen LogP contribution in [0.5, 0.6) is 5.75 Å². The van der Waals surface area contributed by atoms with Gasteiger partial charge in [0, 0.05) is 16.6 Å². The summed E-state index contributed by atoms with van der Waals surface area (Å²) >= 11 is 6.50. The zero-order valence-corrected chi connectivity index (χ0v) is 18.3. The van der Waals surface area contributed by atoms with Crippen LogP contribution in [0.15, 0.2) is 94.1 Å². The predicted molar refractivity (Wildman–Crippen MR) is 131 cm³/mol. The molecule has 1 amide bonds. The summed E-state index contributed by atoms with van der Waals surface area (Å²) in [6.07, 6.45) is 0. The van der Waals surface area contributed by atoms with Crippen molar-refractivity contribution in [2.24, 2.45) is 0 Å². The number of amides is 1. The lowest BCUT2D eigenvalue weighted by Gasteiger charge is -2.12. The Morgan fingerprint density at radius 3 is 2.27 bits per heavy atom. The summed E-state index contributed by atoms with van der Waals surface area (Å²) in [4.78, 5) is 25.5. The Labute approximate surface area is 194 Å². The van der Waals surface area contributed by atoms with Crippen LogP contribution in [-0.2, 0) is 0 Å². The fraction of sp³-hybridized carbons (Fsp3) is 0.0370. The third kappa shape index (κ3) is 3.95. The number of ether oxygens (including phenoxy) is 1. The van der Waals surface area contributed by atoms with Gasteiger partial charge in [0.25, 0.3) is 5.91 Å². The van der Waals surface area contributed by atoms with E-state index in [9.17, 15) is 9.59 Å². The average molecular weight is 456 g/mol. The van der Waals surface area contributed by atoms with Crippen LogP contribution in [0.2, 0.25) is 5.02 Å². The summed E-state index contributed by atoms with van der Waals surface area (Å²) in [5.41, 5.74) is 1.81. The van der Waals surface area contributed by atoms with E-state index in [0.29, 0.717) is 38.7 Å². The Balaban J connectivity index is 1.47. The molecule has 0 radical (unpaired) electrons. The highest BCUT2D eigenvalue weighted by atomic mass is 35.5. The van der Waals surface area contributed by atoms with Crippen molar-refractivity contribution >= 4 is 44.9 Å². The molecule has 4 aromatic carbocycles. The van der Waals surface area contributed by atoms with Crippen LogP contribution in [0, 0.1) is 0 Å². The molecule has 5 rings (SSSR count). The highest BCUT2D eigenvalue weighted by Gasteiger charge is 2.16. The summed E-state index contributed by atoms with van der Waals surface area (Å²) in [5, 5.41) is 5.88. The lowest BCUT2D eigenvalue weighted by molar-refractivity contribution is 0.102. The van der Waals surface area contributed by atoms with Crippen LogP contribution in [0.25, 0.3) is 32.9 Å². The number of benzene rings is 4. The molecule has 5 nitrogen and oxygen atoms in total. The first kappa shape index (κ1) is 20.8. The molecular formula is C27H18ClNO4. The van der Waals surface area contributed by atoms with Gasteiger partial charge >= 0.3 is 5.63 Å². The molecule has 5 aromatic rings. The number of anilines is 1. The normalized spacial score (nSPS) is 11.0. The van der Waals surface area contributed by atoms with E-state index in [1.165, 1.54) is 7.11 Å². The van der Waals surface area contributed by atoms with Gasteiger partial charge in [-0.05, 0) is 47.2 Å². The van der Waals surface area contributed by atoms with E-state index in [1.807, 2.05) is 42.5 Å². The molecule has 0 fully saturated rings. The summed E-state index contributed by atoms with van der Waals surface area (Å²) in [7, 11) is 1.53. The molecule has 0 spiro atoms. The zero-order chi connectivity index (χ0) is 22.9. The SMILES string of the molecule is COc1cc2ccccc2cc1C(=O)Nc1ccc(-c2cc3ccccc3oc2=O)c(Cl)c1. The van der Waals surface area contributed by atoms with E-state index in [2.05, 4.69) is 5.32 Å². The number of carbonyl (C=O) groups is 1. The van der Waals surface area contributed by atoms with Gasteiger partial charge in [0.05, 0.1) is 23.3 Å². The van der Waals surface area contributed by atoms with E-state index in [-0.39, 0.29) is 5.91 Å². The number of halogens is 1. The number of carbonyl (C=O) groups excluding carboxylic acids is 1. The summed E-state index contributed by atoms with van der Waals surface area (Å²) in [5.74, 6) is 0.148. The largest absolute Gasteiger partial charge is 0.496 e. The maximum absolute atomic E-state index is 13.0. The minimum absolute atomic E-state index is 0.320. The Morgan fingerprint density at radius 1 is 0.848 bits per heavy atom. The number of nitrogens with one attached hydrogen (secondary N) is 1. The first-order valence-electron chi connectivity index (χ1n) is 10.2. The molecular weight excluding hydrogens is 438 g/mol. The van der Waals surface area contributed by atoms with Gasteiger partial charge in [-0.3, -0.25) is 4.79 Å². The van der Waals surface area contributed by atoms with Gasteiger partial charge in [-0.25, -0.2) is 4.79 Å². The summed E-state index contributed by atoms with van der Waals surface area (Å²) < 4.78 is 10.8. The molecule has 0 aliphatic carbocycles. The second-order valence-electron chi connectivity index (χ2n) is 7.53. The highest BCUT2D eigenvalue weighted by molar-refractivity contribution is 6.33. The molecule has 0 aliphatic rings. The van der Waals surface area contributed by atoms with Crippen molar-refractivity contribution in [1.82, 2.24) is 0 Å². The van der Waals surface area contributed by atoms with Crippen molar-refractivity contribution in [3.63, 3.8) is 0 Å². The molecule has 162 valence electrons. The maximum Gasteiger partial charge on any atom is 0.344 e. The zero-order valence-electron chi connectivity index (χ0n) is 17.6. The molecule has 1 N–H and O–H groups in total. The Hall–Kier alpha value is -4.09. The molecule has 0 unspecified atom stereocenters. The fourth-order valence-corrected chi connectivity index (χ4v) is 4.11. The van der Waals surface area contributed by atoms with E-state index in [0.717, 1.165) is 16.2 Å². The Kier molecular flexibility index (Phi) is 5.32. The van der Waals surface area contributed by atoms with Gasteiger partial charge in [0.15, 0.2) is 0 Å². The quantitative estimate of drug-likeness (QED) is 0.313. The number of methoxy groups -OCH3 is 1. The monoisotopic (exact) mass is 455 g/mol. The lowest BCUT2D eigenvalue weighted by atomic mass is 10.0. The van der Waals surface area contributed by atoms with Crippen LogP contribution in [-0.4, -0.2) is 13.0 Å². The minimum atomic E-state index is -0.478. The van der Waals surface area contributed by atoms with Gasteiger partial charge in [0.1, 0.15) is 11.3 Å². The third-order valence-corrected chi connectivity index (χ3v) is 5.78. The van der Waals surface area contributed by atoms with E-state index in [1.54, 1.807) is 42.5 Å². The number of hydrogen-bond acceptors (Lipinski definition) is 4. The van der Waals surface area contributed by atoms with Gasteiger partial charge in [0.2, 0.25) is 0 Å². The Morgan fingerprint density at radius 2 is 1.55 bits per heavy atom. The second kappa shape index (κ2) is 8.45. The van der Waals surface area contributed by atoms with E-state index < -0.39 is 5.63 Å². The Bertz CT molecular complexity index is 1590. The van der Waals surface area contributed by atoms with Gasteiger partial charge < -0.3 is 14.5 Å². The second-order valence-corrected chi connectivity index (χ2v) is 7.94. The van der Waals surface area contributed by atoms with Crippen LogP contribution in [0.3, 0.4) is 0 Å². The third-order valence-electron chi connectivity index (χ3n) is 5.47. The lowest BCUT2D eigenvalue weighted by Crippen LogP contribution is -2.13. The first-order valence-corrected chi connectivity index (χ1v) is 10.6. The average Bonchev–Trinajstić information content (AvgIpc) is 2.83. The summed E-state index contributed by atoms with van der Waals surface area (Å²) in [6, 6.07) is 25.4. The molecule has 0 saturated carbocycles. The van der Waals surface area contributed by atoms with Crippen LogP contribution in [0.4, 0.5) is 5.69 Å². The number of fused-ring (bicyclic) bond motifs is 2. The van der Waals surface area contributed by atoms with Crippen molar-refractivity contribution in [1.29, 1.82) is 0 Å². The number of para-hydroxylation sites is 1. The van der Waals surface area contributed by atoms with Crippen molar-refractivity contribution in [3.8, 4) is 16.9 Å². The fourth-order valence-electron chi connectivity index (χ4n) is 3.83. The first-order chi connectivity index (χ1) is 16.0. The van der Waals surface area contributed by atoms with Crippen molar-refractivity contribution < 1.29 is 13.9 Å². The molecule has 0 aliphatic heterocycles. The van der Waals surface area contributed by atoms with Crippen molar-refractivity contribution in [2.45, 2.75) is 0 Å². The van der Waals surface area contributed by atoms with Gasteiger partial charge in [-0.2, -0.15) is 0 Å². The maximum atomic E-state index is 13.0. The van der Waals surface area contributed by atoms with E-state index >= 15 is 0 Å². The van der Waals surface area contributed by atoms with Crippen LogP contribution in [0.1, 0.15) is 10.4 Å². The van der Waals surface area contributed by atoms with Gasteiger partial charge in [-0.1, -0.05) is 60.1 Å². The topological polar surface area (TPSA) is 68.5 Å². The standard InChI is InChI=1S/C27H18ClNO4/c1-32-25-14-17-7-3-2-6-16(17)12-22(25)26(30)29-19-10-11-20(23(28)15-19)21-13-18-8-4-5-9-24(18)33-27(21)31/h2-15H,1H3,(H,29,30). The van der Waals surface area contributed by atoms with E-state index in [4.69, 9.17) is 20.8 Å². The minimum Gasteiger partial charge on any atom is -0.496 e. The van der Waals surface area contributed by atoms with Crippen molar-refractivity contribution in [2.75, 3.05) is 12.4 Å². The molecule has 0 atom stereocenters. The predicted octanol–water partition coefficient (Wildman–Crippen LogP) is 6.53. The number of rotatable bonds is 4. The molecule has 0 bridgehead atoms.